The fourth-order valence-electron chi connectivity index (χ4n) is 2.93. The summed E-state index contributed by atoms with van der Waals surface area (Å²) in [5.41, 5.74) is 2.00. The van der Waals surface area contributed by atoms with Crippen LogP contribution in [0.4, 0.5) is 0 Å². The van der Waals surface area contributed by atoms with Gasteiger partial charge < -0.3 is 5.11 Å². The van der Waals surface area contributed by atoms with Crippen molar-refractivity contribution < 1.29 is 5.11 Å². The lowest BCUT2D eigenvalue weighted by atomic mass is 9.51. The highest BCUT2D eigenvalue weighted by molar-refractivity contribution is 5.27. The number of hydrogen-bond acceptors (Lipinski definition) is 1. The van der Waals surface area contributed by atoms with Gasteiger partial charge in [-0.05, 0) is 40.4 Å². The van der Waals surface area contributed by atoms with E-state index in [1.165, 1.54) is 12.0 Å². The van der Waals surface area contributed by atoms with Crippen molar-refractivity contribution in [3.05, 3.63) is 29.8 Å². The van der Waals surface area contributed by atoms with Gasteiger partial charge in [0.25, 0.3) is 0 Å². The Balaban J connectivity index is 3.16. The predicted molar refractivity (Wildman–Crippen MR) is 83.4 cm³/mol. The lowest BCUT2D eigenvalue weighted by Gasteiger charge is -2.53. The van der Waals surface area contributed by atoms with E-state index in [4.69, 9.17) is 0 Å². The maximum Gasteiger partial charge on any atom is 0.115 e. The summed E-state index contributed by atoms with van der Waals surface area (Å²) in [6.07, 6.45) is 2.20. The molecular formula is C18H30O. The number of aromatic hydroxyl groups is 1. The van der Waals surface area contributed by atoms with E-state index in [1.54, 1.807) is 12.1 Å². The summed E-state index contributed by atoms with van der Waals surface area (Å²) in [5.74, 6) is 0.343. The van der Waals surface area contributed by atoms with E-state index in [2.05, 4.69) is 48.5 Å². The Labute approximate surface area is 119 Å². The molecule has 1 heteroatoms. The fourth-order valence-corrected chi connectivity index (χ4v) is 2.93. The number of phenolic OH excluding ortho intramolecular Hbond substituents is 1. The summed E-state index contributed by atoms with van der Waals surface area (Å²) in [6.45, 7) is 16.4. The largest absolute Gasteiger partial charge is 0.508 e. The Morgan fingerprint density at radius 3 is 1.74 bits per heavy atom. The van der Waals surface area contributed by atoms with Crippen LogP contribution in [-0.4, -0.2) is 5.11 Å². The molecule has 108 valence electrons. The van der Waals surface area contributed by atoms with E-state index < -0.39 is 0 Å². The molecule has 0 heterocycles. The van der Waals surface area contributed by atoms with E-state index in [0.29, 0.717) is 5.75 Å². The van der Waals surface area contributed by atoms with E-state index >= 15 is 0 Å². The minimum atomic E-state index is 0.200. The smallest absolute Gasteiger partial charge is 0.115 e. The summed E-state index contributed by atoms with van der Waals surface area (Å²) in [6, 6.07) is 7.67. The minimum Gasteiger partial charge on any atom is -0.508 e. The molecule has 0 aliphatic heterocycles. The van der Waals surface area contributed by atoms with Crippen LogP contribution < -0.4 is 0 Å². The average molecular weight is 262 g/mol. The highest BCUT2D eigenvalue weighted by Gasteiger charge is 2.47. The SMILES string of the molecule is CCC(C)(C)C(C)(Cc1ccc(O)cc1)C(C)(C)C. The highest BCUT2D eigenvalue weighted by Crippen LogP contribution is 2.54. The second kappa shape index (κ2) is 5.19. The van der Waals surface area contributed by atoms with Gasteiger partial charge in [0.15, 0.2) is 0 Å². The third-order valence-corrected chi connectivity index (χ3v) is 5.53. The third-order valence-electron chi connectivity index (χ3n) is 5.53. The van der Waals surface area contributed by atoms with E-state index in [-0.39, 0.29) is 16.2 Å². The number of rotatable bonds is 4. The first kappa shape index (κ1) is 16.1. The van der Waals surface area contributed by atoms with Gasteiger partial charge in [0.05, 0.1) is 0 Å². The number of benzene rings is 1. The second-order valence-electron chi connectivity index (χ2n) is 7.66. The normalized spacial score (nSPS) is 16.2. The van der Waals surface area contributed by atoms with Crippen molar-refractivity contribution in [2.45, 2.75) is 61.3 Å². The molecule has 0 saturated heterocycles. The van der Waals surface area contributed by atoms with Gasteiger partial charge in [-0.15, -0.1) is 0 Å². The van der Waals surface area contributed by atoms with Gasteiger partial charge >= 0.3 is 0 Å². The van der Waals surface area contributed by atoms with Crippen LogP contribution in [0.15, 0.2) is 24.3 Å². The monoisotopic (exact) mass is 262 g/mol. The predicted octanol–water partition coefficient (Wildman–Crippen LogP) is 5.42. The molecule has 0 saturated carbocycles. The van der Waals surface area contributed by atoms with Crippen molar-refractivity contribution in [1.82, 2.24) is 0 Å². The van der Waals surface area contributed by atoms with Crippen LogP contribution in [0, 0.1) is 16.2 Å². The Hall–Kier alpha value is -0.980. The minimum absolute atomic E-state index is 0.200. The van der Waals surface area contributed by atoms with Gasteiger partial charge in [0, 0.05) is 0 Å². The van der Waals surface area contributed by atoms with Crippen LogP contribution in [0.2, 0.25) is 0 Å². The summed E-state index contributed by atoms with van der Waals surface area (Å²) in [7, 11) is 0. The Kier molecular flexibility index (Phi) is 4.39. The van der Waals surface area contributed by atoms with Gasteiger partial charge in [-0.3, -0.25) is 0 Å². The van der Waals surface area contributed by atoms with E-state index in [1.807, 2.05) is 12.1 Å². The van der Waals surface area contributed by atoms with Crippen molar-refractivity contribution in [2.24, 2.45) is 16.2 Å². The number of phenols is 1. The van der Waals surface area contributed by atoms with Crippen molar-refractivity contribution in [3.63, 3.8) is 0 Å². The van der Waals surface area contributed by atoms with Gasteiger partial charge in [-0.1, -0.05) is 67.0 Å². The van der Waals surface area contributed by atoms with Gasteiger partial charge in [-0.25, -0.2) is 0 Å². The molecule has 0 fully saturated rings. The van der Waals surface area contributed by atoms with Gasteiger partial charge in [-0.2, -0.15) is 0 Å². The molecule has 1 rings (SSSR count). The van der Waals surface area contributed by atoms with Crippen LogP contribution in [0.1, 0.15) is 60.5 Å². The maximum atomic E-state index is 9.42. The standard InChI is InChI=1S/C18H30O/c1-8-17(5,6)18(7,16(2,3)4)13-14-9-11-15(19)12-10-14/h9-12,19H,8,13H2,1-7H3. The first-order valence-corrected chi connectivity index (χ1v) is 7.31. The lowest BCUT2D eigenvalue weighted by molar-refractivity contribution is -0.0280. The highest BCUT2D eigenvalue weighted by atomic mass is 16.3. The molecule has 1 aromatic rings. The lowest BCUT2D eigenvalue weighted by Crippen LogP contribution is -2.46. The Morgan fingerprint density at radius 1 is 0.895 bits per heavy atom. The third kappa shape index (κ3) is 3.13. The van der Waals surface area contributed by atoms with Gasteiger partial charge in [0.2, 0.25) is 0 Å². The Morgan fingerprint density at radius 2 is 1.37 bits per heavy atom. The zero-order chi connectivity index (χ0) is 14.9. The maximum absolute atomic E-state index is 9.42. The van der Waals surface area contributed by atoms with Crippen molar-refractivity contribution in [1.29, 1.82) is 0 Å². The molecule has 19 heavy (non-hydrogen) atoms. The summed E-state index contributed by atoms with van der Waals surface area (Å²) in [5, 5.41) is 9.42. The molecule has 1 aromatic carbocycles. The van der Waals surface area contributed by atoms with Crippen LogP contribution in [0.3, 0.4) is 0 Å². The quantitative estimate of drug-likeness (QED) is 0.767. The van der Waals surface area contributed by atoms with E-state index in [9.17, 15) is 5.11 Å². The summed E-state index contributed by atoms with van der Waals surface area (Å²) < 4.78 is 0. The average Bonchev–Trinajstić information content (AvgIpc) is 2.30. The molecule has 0 aliphatic rings. The van der Waals surface area contributed by atoms with Gasteiger partial charge in [0.1, 0.15) is 5.75 Å². The molecule has 0 aliphatic carbocycles. The number of hydrogen-bond donors (Lipinski definition) is 1. The van der Waals surface area contributed by atoms with Crippen LogP contribution >= 0.6 is 0 Å². The molecule has 0 aromatic heterocycles. The molecule has 1 atom stereocenters. The molecule has 0 radical (unpaired) electrons. The first-order chi connectivity index (χ1) is 8.53. The molecule has 0 spiro atoms. The molecule has 1 N–H and O–H groups in total. The first-order valence-electron chi connectivity index (χ1n) is 7.31. The molecular weight excluding hydrogens is 232 g/mol. The van der Waals surface area contributed by atoms with Crippen molar-refractivity contribution in [3.8, 4) is 5.75 Å². The Bertz CT molecular complexity index is 408. The summed E-state index contributed by atoms with van der Waals surface area (Å²) in [4.78, 5) is 0. The zero-order valence-electron chi connectivity index (χ0n) is 13.7. The summed E-state index contributed by atoms with van der Waals surface area (Å²) >= 11 is 0. The topological polar surface area (TPSA) is 20.2 Å². The van der Waals surface area contributed by atoms with Crippen LogP contribution in [0.5, 0.6) is 5.75 Å². The van der Waals surface area contributed by atoms with Crippen molar-refractivity contribution in [2.75, 3.05) is 0 Å². The van der Waals surface area contributed by atoms with Crippen LogP contribution in [0.25, 0.3) is 0 Å². The zero-order valence-corrected chi connectivity index (χ0v) is 13.7. The molecule has 1 nitrogen and oxygen atoms in total. The van der Waals surface area contributed by atoms with Crippen molar-refractivity contribution >= 4 is 0 Å². The van der Waals surface area contributed by atoms with E-state index in [0.717, 1.165) is 6.42 Å². The molecule has 0 amide bonds. The molecule has 1 unspecified atom stereocenters. The second-order valence-corrected chi connectivity index (χ2v) is 7.66. The van der Waals surface area contributed by atoms with Crippen LogP contribution in [-0.2, 0) is 6.42 Å². The molecule has 0 bridgehead atoms. The fraction of sp³-hybridized carbons (Fsp3) is 0.667.